The van der Waals surface area contributed by atoms with Gasteiger partial charge >= 0.3 is 0 Å². The zero-order valence-electron chi connectivity index (χ0n) is 15.7. The number of carbonyl (C=O) groups is 2. The number of hydrogen-bond acceptors (Lipinski definition) is 4. The molecule has 0 spiro atoms. The number of nitrogens with zero attached hydrogens (tertiary/aromatic N) is 1. The summed E-state index contributed by atoms with van der Waals surface area (Å²) in [5.74, 6) is 0.0450. The van der Waals surface area contributed by atoms with Crippen LogP contribution < -0.4 is 15.4 Å². The highest BCUT2D eigenvalue weighted by atomic mass is 16.5. The third-order valence-corrected chi connectivity index (χ3v) is 4.96. The van der Waals surface area contributed by atoms with Crippen molar-refractivity contribution >= 4 is 11.8 Å². The lowest BCUT2D eigenvalue weighted by Crippen LogP contribution is -2.50. The maximum absolute atomic E-state index is 12.2. The second kappa shape index (κ2) is 8.70. The average Bonchev–Trinajstić information content (AvgIpc) is 3.13. The van der Waals surface area contributed by atoms with E-state index in [0.717, 1.165) is 12.8 Å². The molecule has 1 aliphatic carbocycles. The Morgan fingerprint density at radius 2 is 1.88 bits per heavy atom. The second-order valence-electron chi connectivity index (χ2n) is 7.28. The quantitative estimate of drug-likeness (QED) is 0.785. The van der Waals surface area contributed by atoms with Crippen molar-refractivity contribution in [1.82, 2.24) is 10.6 Å². The number of carbonyl (C=O) groups excluding carboxylic acids is 2. The van der Waals surface area contributed by atoms with E-state index in [1.807, 2.05) is 13.8 Å². The summed E-state index contributed by atoms with van der Waals surface area (Å²) in [7, 11) is 0. The Labute approximate surface area is 154 Å². The van der Waals surface area contributed by atoms with E-state index in [1.165, 1.54) is 12.8 Å². The van der Waals surface area contributed by atoms with E-state index in [2.05, 4.69) is 16.7 Å². The maximum Gasteiger partial charge on any atom is 0.259 e. The van der Waals surface area contributed by atoms with Crippen LogP contribution in [0.5, 0.6) is 5.75 Å². The third-order valence-electron chi connectivity index (χ3n) is 4.96. The van der Waals surface area contributed by atoms with E-state index in [4.69, 9.17) is 4.74 Å². The molecular weight excluding hydrogens is 330 g/mol. The molecule has 0 aromatic heterocycles. The number of benzene rings is 1. The molecule has 1 saturated carbocycles. The molecule has 2 rings (SSSR count). The van der Waals surface area contributed by atoms with Gasteiger partial charge in [-0.3, -0.25) is 9.59 Å². The smallest absolute Gasteiger partial charge is 0.259 e. The molecule has 1 fully saturated rings. The van der Waals surface area contributed by atoms with Gasteiger partial charge in [-0.15, -0.1) is 0 Å². The van der Waals surface area contributed by atoms with Gasteiger partial charge in [0.2, 0.25) is 0 Å². The van der Waals surface area contributed by atoms with Crippen LogP contribution in [0.4, 0.5) is 0 Å². The lowest BCUT2D eigenvalue weighted by atomic mass is 9.90. The van der Waals surface area contributed by atoms with Gasteiger partial charge < -0.3 is 15.4 Å². The number of nitrogens with one attached hydrogen (secondary N) is 2. The Hall–Kier alpha value is -2.55. The molecule has 0 unspecified atom stereocenters. The minimum Gasteiger partial charge on any atom is -0.484 e. The van der Waals surface area contributed by atoms with Gasteiger partial charge in [-0.05, 0) is 49.9 Å². The van der Waals surface area contributed by atoms with Crippen molar-refractivity contribution in [2.75, 3.05) is 6.61 Å². The molecule has 2 amide bonds. The highest BCUT2D eigenvalue weighted by Crippen LogP contribution is 2.19. The molecule has 1 aliphatic rings. The number of ether oxygens (including phenoxy) is 1. The molecule has 0 heterocycles. The minimum atomic E-state index is -0.928. The van der Waals surface area contributed by atoms with Crippen LogP contribution in [0, 0.1) is 17.2 Å². The Morgan fingerprint density at radius 1 is 1.27 bits per heavy atom. The van der Waals surface area contributed by atoms with Gasteiger partial charge in [0.15, 0.2) is 6.61 Å². The molecule has 6 nitrogen and oxygen atoms in total. The standard InChI is InChI=1S/C20H27N3O3/c1-14(2)20(3,13-21)23-18(24)12-26-17-10-8-15(9-11-17)19(25)22-16-6-4-5-7-16/h8-11,14,16H,4-7,12H2,1-3H3,(H,22,25)(H,23,24)/t20-/m1/s1. The van der Waals surface area contributed by atoms with Crippen molar-refractivity contribution in [2.45, 2.75) is 58.0 Å². The summed E-state index contributed by atoms with van der Waals surface area (Å²) in [6.45, 7) is 5.25. The molecular formula is C20H27N3O3. The highest BCUT2D eigenvalue weighted by molar-refractivity contribution is 5.94. The Bertz CT molecular complexity index is 673. The van der Waals surface area contributed by atoms with Crippen molar-refractivity contribution in [3.8, 4) is 11.8 Å². The molecule has 0 radical (unpaired) electrons. The Balaban J connectivity index is 1.84. The average molecular weight is 357 g/mol. The maximum atomic E-state index is 12.2. The summed E-state index contributed by atoms with van der Waals surface area (Å²) >= 11 is 0. The van der Waals surface area contributed by atoms with Crippen LogP contribution in [-0.2, 0) is 4.79 Å². The van der Waals surface area contributed by atoms with Gasteiger partial charge in [-0.2, -0.15) is 5.26 Å². The molecule has 6 heteroatoms. The van der Waals surface area contributed by atoms with Gasteiger partial charge in [0, 0.05) is 11.6 Å². The molecule has 140 valence electrons. The largest absolute Gasteiger partial charge is 0.484 e. The highest BCUT2D eigenvalue weighted by Gasteiger charge is 2.30. The van der Waals surface area contributed by atoms with Crippen molar-refractivity contribution in [1.29, 1.82) is 5.26 Å². The molecule has 26 heavy (non-hydrogen) atoms. The summed E-state index contributed by atoms with van der Waals surface area (Å²) < 4.78 is 5.45. The Kier molecular flexibility index (Phi) is 6.62. The molecule has 0 aliphatic heterocycles. The van der Waals surface area contributed by atoms with E-state index < -0.39 is 5.54 Å². The van der Waals surface area contributed by atoms with Crippen molar-refractivity contribution in [3.63, 3.8) is 0 Å². The number of hydrogen-bond donors (Lipinski definition) is 2. The van der Waals surface area contributed by atoms with Crippen LogP contribution >= 0.6 is 0 Å². The van der Waals surface area contributed by atoms with E-state index in [-0.39, 0.29) is 30.4 Å². The van der Waals surface area contributed by atoms with Gasteiger partial charge in [0.1, 0.15) is 11.3 Å². The van der Waals surface area contributed by atoms with Crippen LogP contribution in [0.2, 0.25) is 0 Å². The monoisotopic (exact) mass is 357 g/mol. The zero-order chi connectivity index (χ0) is 19.2. The van der Waals surface area contributed by atoms with E-state index in [0.29, 0.717) is 11.3 Å². The van der Waals surface area contributed by atoms with Gasteiger partial charge in [0.25, 0.3) is 11.8 Å². The molecule has 1 aromatic rings. The van der Waals surface area contributed by atoms with Crippen LogP contribution in [-0.4, -0.2) is 30.0 Å². The summed E-state index contributed by atoms with van der Waals surface area (Å²) in [6.07, 6.45) is 4.42. The lowest BCUT2D eigenvalue weighted by molar-refractivity contribution is -0.124. The fraction of sp³-hybridized carbons (Fsp3) is 0.550. The Morgan fingerprint density at radius 3 is 2.42 bits per heavy atom. The van der Waals surface area contributed by atoms with E-state index in [1.54, 1.807) is 31.2 Å². The first-order valence-electron chi connectivity index (χ1n) is 9.10. The predicted octanol–water partition coefficient (Wildman–Crippen LogP) is 2.79. The van der Waals surface area contributed by atoms with Crippen molar-refractivity contribution in [2.24, 2.45) is 5.92 Å². The third kappa shape index (κ3) is 5.22. The van der Waals surface area contributed by atoms with Crippen molar-refractivity contribution < 1.29 is 14.3 Å². The second-order valence-corrected chi connectivity index (χ2v) is 7.28. The van der Waals surface area contributed by atoms with Crippen LogP contribution in [0.25, 0.3) is 0 Å². The topological polar surface area (TPSA) is 91.2 Å². The minimum absolute atomic E-state index is 0.0193. The molecule has 2 N–H and O–H groups in total. The predicted molar refractivity (Wildman–Crippen MR) is 98.7 cm³/mol. The summed E-state index contributed by atoms with van der Waals surface area (Å²) in [6, 6.07) is 9.11. The fourth-order valence-electron chi connectivity index (χ4n) is 2.82. The summed E-state index contributed by atoms with van der Waals surface area (Å²) in [5.41, 5.74) is -0.353. The molecule has 1 aromatic carbocycles. The molecule has 0 saturated heterocycles. The summed E-state index contributed by atoms with van der Waals surface area (Å²) in [4.78, 5) is 24.2. The van der Waals surface area contributed by atoms with Crippen LogP contribution in [0.3, 0.4) is 0 Å². The zero-order valence-corrected chi connectivity index (χ0v) is 15.7. The molecule has 0 bridgehead atoms. The fourth-order valence-corrected chi connectivity index (χ4v) is 2.82. The first-order chi connectivity index (χ1) is 12.3. The number of rotatable bonds is 7. The lowest BCUT2D eigenvalue weighted by Gasteiger charge is -2.27. The van der Waals surface area contributed by atoms with Crippen LogP contribution in [0.1, 0.15) is 56.8 Å². The molecule has 1 atom stereocenters. The number of nitriles is 1. The van der Waals surface area contributed by atoms with E-state index >= 15 is 0 Å². The summed E-state index contributed by atoms with van der Waals surface area (Å²) in [5, 5.41) is 15.0. The van der Waals surface area contributed by atoms with Crippen LogP contribution in [0.15, 0.2) is 24.3 Å². The van der Waals surface area contributed by atoms with E-state index in [9.17, 15) is 14.9 Å². The number of amides is 2. The van der Waals surface area contributed by atoms with Gasteiger partial charge in [0.05, 0.1) is 6.07 Å². The van der Waals surface area contributed by atoms with Gasteiger partial charge in [-0.1, -0.05) is 26.7 Å². The van der Waals surface area contributed by atoms with Gasteiger partial charge in [-0.25, -0.2) is 0 Å². The van der Waals surface area contributed by atoms with Crippen molar-refractivity contribution in [3.05, 3.63) is 29.8 Å². The SMILES string of the molecule is CC(C)[C@@](C)(C#N)NC(=O)COc1ccc(C(=O)NC2CCCC2)cc1. The first-order valence-corrected chi connectivity index (χ1v) is 9.10. The normalized spacial score (nSPS) is 16.6. The first kappa shape index (κ1) is 19.8.